The standard InChI is InChI=1S/C23H34FN8O9PS/c1-6-38-18-14-16(28-21(25)30-18)32(9-26-14)20-23(5,24)15(33)13(41-20)7-39-42(37,31-11(4)19(35)40-10(2)3)43-8-12-17(34)29-22(36)27-12/h9-13,15,20,33H,6-8H2,1-5H3,(H,31,37)(H2,25,28,30)(H2,27,29,34,36)/t11-,12+,13+,15+,20+,23+,42+/m0/s1. The molecule has 0 aliphatic carbocycles. The Morgan fingerprint density at radius 1 is 1.37 bits per heavy atom. The number of aliphatic hydroxyl groups excluding tert-OH is 1. The minimum atomic E-state index is -4.08. The molecule has 2 aliphatic heterocycles. The predicted molar refractivity (Wildman–Crippen MR) is 151 cm³/mol. The molecule has 2 fully saturated rings. The summed E-state index contributed by atoms with van der Waals surface area (Å²) in [5, 5.41) is 17.9. The molecule has 2 aromatic heterocycles. The Labute approximate surface area is 249 Å². The smallest absolute Gasteiger partial charge is 0.327 e. The molecule has 4 rings (SSSR count). The van der Waals surface area contributed by atoms with Crippen molar-refractivity contribution >= 4 is 53.1 Å². The van der Waals surface area contributed by atoms with Gasteiger partial charge in [-0.15, -0.1) is 0 Å². The molecule has 2 aliphatic rings. The second kappa shape index (κ2) is 12.9. The molecule has 20 heteroatoms. The minimum Gasteiger partial charge on any atom is -0.476 e. The molecular formula is C23H34FN8O9PS. The number of esters is 1. The van der Waals surface area contributed by atoms with Crippen molar-refractivity contribution in [2.75, 3.05) is 24.7 Å². The number of fused-ring (bicyclic) bond motifs is 1. The first kappa shape index (κ1) is 32.8. The van der Waals surface area contributed by atoms with Gasteiger partial charge in [-0.2, -0.15) is 9.97 Å². The zero-order valence-electron chi connectivity index (χ0n) is 24.0. The Morgan fingerprint density at radius 2 is 2.09 bits per heavy atom. The summed E-state index contributed by atoms with van der Waals surface area (Å²) in [4.78, 5) is 48.2. The summed E-state index contributed by atoms with van der Waals surface area (Å²) in [6.07, 6.45) is -3.81. The Kier molecular flexibility index (Phi) is 9.82. The van der Waals surface area contributed by atoms with Crippen molar-refractivity contribution in [1.29, 1.82) is 0 Å². The second-order valence-corrected chi connectivity index (χ2v) is 14.5. The average molecular weight is 649 g/mol. The van der Waals surface area contributed by atoms with Crippen molar-refractivity contribution in [2.45, 2.75) is 76.9 Å². The Hall–Kier alpha value is -3.09. The van der Waals surface area contributed by atoms with Crippen LogP contribution in [0.4, 0.5) is 15.1 Å². The van der Waals surface area contributed by atoms with E-state index in [0.717, 1.165) is 6.92 Å². The molecule has 0 aromatic carbocycles. The van der Waals surface area contributed by atoms with Gasteiger partial charge in [-0.25, -0.2) is 19.3 Å². The van der Waals surface area contributed by atoms with Gasteiger partial charge < -0.3 is 34.9 Å². The van der Waals surface area contributed by atoms with Crippen LogP contribution in [0.3, 0.4) is 0 Å². The van der Waals surface area contributed by atoms with Gasteiger partial charge in [0.15, 0.2) is 23.1 Å². The third-order valence-corrected chi connectivity index (χ3v) is 10.5. The van der Waals surface area contributed by atoms with E-state index < -0.39 is 73.5 Å². The molecule has 0 saturated carbocycles. The van der Waals surface area contributed by atoms with Crippen LogP contribution in [-0.2, 0) is 28.2 Å². The number of urea groups is 1. The van der Waals surface area contributed by atoms with Gasteiger partial charge in [0.25, 0.3) is 5.91 Å². The van der Waals surface area contributed by atoms with E-state index in [0.29, 0.717) is 11.4 Å². The highest BCUT2D eigenvalue weighted by molar-refractivity contribution is 8.56. The molecule has 2 saturated heterocycles. The number of aliphatic hydroxyl groups is 1. The summed E-state index contributed by atoms with van der Waals surface area (Å²) in [5.41, 5.74) is 3.68. The van der Waals surface area contributed by atoms with Gasteiger partial charge in [0.1, 0.15) is 24.3 Å². The molecule has 0 unspecified atom stereocenters. The molecule has 17 nitrogen and oxygen atoms in total. The van der Waals surface area contributed by atoms with Crippen LogP contribution < -0.4 is 26.2 Å². The number of hydrogen-bond donors (Lipinski definition) is 5. The van der Waals surface area contributed by atoms with E-state index in [4.69, 9.17) is 24.5 Å². The van der Waals surface area contributed by atoms with E-state index in [2.05, 4.69) is 30.7 Å². The molecule has 7 atom stereocenters. The summed E-state index contributed by atoms with van der Waals surface area (Å²) in [5.74, 6) is -1.62. The van der Waals surface area contributed by atoms with E-state index in [1.165, 1.54) is 17.8 Å². The van der Waals surface area contributed by atoms with Crippen molar-refractivity contribution < 1.29 is 47.2 Å². The van der Waals surface area contributed by atoms with E-state index >= 15 is 4.39 Å². The van der Waals surface area contributed by atoms with Gasteiger partial charge in [-0.05, 0) is 34.6 Å². The van der Waals surface area contributed by atoms with Gasteiger partial charge in [-0.3, -0.25) is 24.0 Å². The number of alkyl halides is 1. The molecule has 43 heavy (non-hydrogen) atoms. The number of aromatic nitrogens is 4. The van der Waals surface area contributed by atoms with Crippen LogP contribution >= 0.6 is 18.1 Å². The number of ether oxygens (including phenoxy) is 3. The van der Waals surface area contributed by atoms with Crippen molar-refractivity contribution in [2.24, 2.45) is 0 Å². The van der Waals surface area contributed by atoms with Crippen molar-refractivity contribution in [3.8, 4) is 5.88 Å². The van der Waals surface area contributed by atoms with Crippen molar-refractivity contribution in [1.82, 2.24) is 35.2 Å². The lowest BCUT2D eigenvalue weighted by Gasteiger charge is -2.25. The number of hydrogen-bond acceptors (Lipinski definition) is 14. The fourth-order valence-electron chi connectivity index (χ4n) is 4.32. The van der Waals surface area contributed by atoms with Crippen LogP contribution in [0.5, 0.6) is 5.88 Å². The first-order valence-corrected chi connectivity index (χ1v) is 16.5. The van der Waals surface area contributed by atoms with Crippen molar-refractivity contribution in [3.05, 3.63) is 6.33 Å². The zero-order chi connectivity index (χ0) is 31.7. The SMILES string of the molecule is CCOc1nc(N)nc2c1ncn2[C@@H]1O[C@H](CO[P@](=O)(N[C@@H](C)C(=O)OC(C)C)SC[C@H]2NC(=O)NC2=O)[C@@H](O)[C@@]1(C)F. The van der Waals surface area contributed by atoms with Crippen LogP contribution in [0, 0.1) is 0 Å². The number of nitrogen functional groups attached to an aromatic ring is 1. The fraction of sp³-hybridized carbons (Fsp3) is 0.652. The number of halogens is 1. The highest BCUT2D eigenvalue weighted by Crippen LogP contribution is 2.57. The number of nitrogens with one attached hydrogen (secondary N) is 3. The Bertz CT molecular complexity index is 1430. The largest absolute Gasteiger partial charge is 0.476 e. The Morgan fingerprint density at radius 3 is 2.72 bits per heavy atom. The average Bonchev–Trinajstić information content (AvgIpc) is 3.54. The number of nitrogens with zero attached hydrogens (tertiary/aromatic N) is 4. The number of anilines is 1. The molecule has 2 aromatic rings. The summed E-state index contributed by atoms with van der Waals surface area (Å²) < 4.78 is 53.3. The molecule has 238 valence electrons. The van der Waals surface area contributed by atoms with Gasteiger partial charge in [0.05, 0.1) is 25.6 Å². The predicted octanol–water partition coefficient (Wildman–Crippen LogP) is 0.789. The summed E-state index contributed by atoms with van der Waals surface area (Å²) in [6.45, 7) is 3.10. The molecule has 6 N–H and O–H groups in total. The molecule has 0 radical (unpaired) electrons. The maximum atomic E-state index is 16.0. The fourth-order valence-corrected chi connectivity index (χ4v) is 8.19. The zero-order valence-corrected chi connectivity index (χ0v) is 25.7. The van der Waals surface area contributed by atoms with Gasteiger partial charge in [-0.1, -0.05) is 11.4 Å². The first-order valence-electron chi connectivity index (χ1n) is 13.3. The number of rotatable bonds is 13. The molecule has 4 heterocycles. The van der Waals surface area contributed by atoms with Crippen LogP contribution in [0.25, 0.3) is 11.2 Å². The Balaban J connectivity index is 1.53. The van der Waals surface area contributed by atoms with E-state index in [-0.39, 0.29) is 35.4 Å². The van der Waals surface area contributed by atoms with E-state index in [1.807, 2.05) is 0 Å². The monoisotopic (exact) mass is 648 g/mol. The summed E-state index contributed by atoms with van der Waals surface area (Å²) in [7, 11) is 0. The number of amides is 3. The minimum absolute atomic E-state index is 0.0871. The second-order valence-electron chi connectivity index (χ2n) is 10.2. The number of carbonyl (C=O) groups excluding carboxylic acids is 3. The third-order valence-electron chi connectivity index (χ3n) is 6.39. The highest BCUT2D eigenvalue weighted by Gasteiger charge is 2.56. The first-order chi connectivity index (χ1) is 20.1. The lowest BCUT2D eigenvalue weighted by Crippen LogP contribution is -2.41. The number of imidazole rings is 1. The number of imide groups is 1. The lowest BCUT2D eigenvalue weighted by atomic mass is 9.98. The summed E-state index contributed by atoms with van der Waals surface area (Å²) >= 11 is 0.632. The summed E-state index contributed by atoms with van der Waals surface area (Å²) in [6, 6.07) is -2.86. The van der Waals surface area contributed by atoms with Gasteiger partial charge >= 0.3 is 18.7 Å². The van der Waals surface area contributed by atoms with Crippen molar-refractivity contribution in [3.63, 3.8) is 0 Å². The van der Waals surface area contributed by atoms with Gasteiger partial charge in [0.2, 0.25) is 11.8 Å². The van der Waals surface area contributed by atoms with E-state index in [1.54, 1.807) is 20.8 Å². The molecule has 0 bridgehead atoms. The van der Waals surface area contributed by atoms with Crippen LogP contribution in [0.15, 0.2) is 6.33 Å². The quantitative estimate of drug-likeness (QED) is 0.115. The van der Waals surface area contributed by atoms with Crippen LogP contribution in [0.2, 0.25) is 0 Å². The lowest BCUT2D eigenvalue weighted by molar-refractivity contribution is -0.149. The maximum absolute atomic E-state index is 16.0. The number of nitrogens with two attached hydrogens (primary N) is 1. The number of carbonyl (C=O) groups is 3. The van der Waals surface area contributed by atoms with Crippen LogP contribution in [-0.4, -0.2) is 97.6 Å². The molecule has 3 amide bonds. The van der Waals surface area contributed by atoms with Crippen LogP contribution in [0.1, 0.15) is 40.8 Å². The van der Waals surface area contributed by atoms with E-state index in [9.17, 15) is 24.1 Å². The topological polar surface area (TPSA) is 231 Å². The molecule has 0 spiro atoms. The normalized spacial score (nSPS) is 27.6. The maximum Gasteiger partial charge on any atom is 0.327 e. The highest BCUT2D eigenvalue weighted by atomic mass is 32.7. The van der Waals surface area contributed by atoms with Gasteiger partial charge in [0, 0.05) is 5.75 Å². The third kappa shape index (κ3) is 7.18. The molecular weight excluding hydrogens is 614 g/mol.